The summed E-state index contributed by atoms with van der Waals surface area (Å²) in [6.07, 6.45) is -4.53. The lowest BCUT2D eigenvalue weighted by atomic mass is 10.1. The second-order valence-corrected chi connectivity index (χ2v) is 4.15. The number of nitrogen functional groups attached to an aromatic ring is 1. The van der Waals surface area contributed by atoms with Crippen molar-refractivity contribution in [3.05, 3.63) is 53.6 Å². The van der Waals surface area contributed by atoms with Crippen molar-refractivity contribution in [2.75, 3.05) is 5.73 Å². The van der Waals surface area contributed by atoms with Crippen LogP contribution in [0, 0.1) is 0 Å². The summed E-state index contributed by atoms with van der Waals surface area (Å²) >= 11 is 0. The average Bonchev–Trinajstić information content (AvgIpc) is 2.40. The number of hydrogen-bond acceptors (Lipinski definition) is 3. The number of anilines is 1. The van der Waals surface area contributed by atoms with E-state index in [1.54, 1.807) is 24.3 Å². The lowest BCUT2D eigenvalue weighted by Crippen LogP contribution is -2.08. The highest BCUT2D eigenvalue weighted by molar-refractivity contribution is 5.52. The van der Waals surface area contributed by atoms with Gasteiger partial charge in [-0.2, -0.15) is 13.2 Å². The molecule has 0 unspecified atom stereocenters. The van der Waals surface area contributed by atoms with Crippen molar-refractivity contribution in [3.63, 3.8) is 0 Å². The molecule has 0 saturated carbocycles. The lowest BCUT2D eigenvalue weighted by Gasteiger charge is -2.12. The molecule has 0 radical (unpaired) electrons. The minimum Gasteiger partial charge on any atom is -0.457 e. The van der Waals surface area contributed by atoms with Crippen LogP contribution in [0.1, 0.15) is 11.1 Å². The van der Waals surface area contributed by atoms with E-state index in [0.717, 1.165) is 12.1 Å². The smallest absolute Gasteiger partial charge is 0.418 e. The van der Waals surface area contributed by atoms with Crippen molar-refractivity contribution in [1.82, 2.24) is 0 Å². The van der Waals surface area contributed by atoms with Gasteiger partial charge >= 0.3 is 6.18 Å². The summed E-state index contributed by atoms with van der Waals surface area (Å²) in [6, 6.07) is 9.80. The lowest BCUT2D eigenvalue weighted by molar-refractivity contribution is -0.137. The summed E-state index contributed by atoms with van der Waals surface area (Å²) in [5.41, 5.74) is 4.62. The molecule has 2 aromatic carbocycles. The maximum absolute atomic E-state index is 12.7. The highest BCUT2D eigenvalue weighted by atomic mass is 19.4. The summed E-state index contributed by atoms with van der Waals surface area (Å²) in [7, 11) is 0. The number of aliphatic hydroxyl groups excluding tert-OH is 1. The topological polar surface area (TPSA) is 55.5 Å². The number of hydrogen-bond donors (Lipinski definition) is 2. The molecule has 0 aliphatic heterocycles. The highest BCUT2D eigenvalue weighted by Crippen LogP contribution is 2.36. The third-order valence-corrected chi connectivity index (χ3v) is 2.65. The molecular weight excluding hydrogens is 271 g/mol. The van der Waals surface area contributed by atoms with E-state index in [4.69, 9.17) is 15.6 Å². The molecule has 0 heterocycles. The van der Waals surface area contributed by atoms with Gasteiger partial charge in [0, 0.05) is 5.69 Å². The number of alkyl halides is 3. The van der Waals surface area contributed by atoms with Gasteiger partial charge in [-0.25, -0.2) is 0 Å². The van der Waals surface area contributed by atoms with Crippen LogP contribution in [0.25, 0.3) is 0 Å². The third kappa shape index (κ3) is 3.21. The van der Waals surface area contributed by atoms with Crippen LogP contribution >= 0.6 is 0 Å². The summed E-state index contributed by atoms with van der Waals surface area (Å²) in [5.74, 6) is 0.371. The quantitative estimate of drug-likeness (QED) is 0.847. The van der Waals surface area contributed by atoms with Crippen LogP contribution in [-0.4, -0.2) is 5.11 Å². The van der Waals surface area contributed by atoms with Crippen molar-refractivity contribution in [3.8, 4) is 11.5 Å². The number of halogens is 3. The number of benzene rings is 2. The van der Waals surface area contributed by atoms with E-state index < -0.39 is 11.7 Å². The molecule has 106 valence electrons. The van der Waals surface area contributed by atoms with Crippen LogP contribution in [0.5, 0.6) is 11.5 Å². The Morgan fingerprint density at radius 3 is 2.40 bits per heavy atom. The van der Waals surface area contributed by atoms with Gasteiger partial charge in [0.1, 0.15) is 11.5 Å². The van der Waals surface area contributed by atoms with E-state index >= 15 is 0 Å². The molecule has 0 aliphatic carbocycles. The first-order valence-corrected chi connectivity index (χ1v) is 5.74. The fourth-order valence-electron chi connectivity index (χ4n) is 1.69. The molecule has 0 aliphatic rings. The molecule has 2 aromatic rings. The Labute approximate surface area is 113 Å². The first kappa shape index (κ1) is 14.2. The van der Waals surface area contributed by atoms with Crippen molar-refractivity contribution in [2.45, 2.75) is 12.8 Å². The Balaban J connectivity index is 2.30. The van der Waals surface area contributed by atoms with Crippen LogP contribution in [0.2, 0.25) is 0 Å². The van der Waals surface area contributed by atoms with Gasteiger partial charge in [0.25, 0.3) is 0 Å². The van der Waals surface area contributed by atoms with Gasteiger partial charge in [-0.05, 0) is 35.9 Å². The molecular formula is C14H12F3NO2. The van der Waals surface area contributed by atoms with E-state index in [1.807, 2.05) is 0 Å². The molecule has 3 N–H and O–H groups in total. The highest BCUT2D eigenvalue weighted by Gasteiger charge is 2.33. The van der Waals surface area contributed by atoms with Crippen molar-refractivity contribution < 1.29 is 23.0 Å². The molecule has 0 atom stereocenters. The van der Waals surface area contributed by atoms with E-state index in [2.05, 4.69) is 0 Å². The third-order valence-electron chi connectivity index (χ3n) is 2.65. The number of nitrogens with two attached hydrogens (primary N) is 1. The summed E-state index contributed by atoms with van der Waals surface area (Å²) in [5, 5.41) is 8.99. The fourth-order valence-corrected chi connectivity index (χ4v) is 1.69. The number of rotatable bonds is 3. The first-order chi connectivity index (χ1) is 9.40. The van der Waals surface area contributed by atoms with Gasteiger partial charge in [0.15, 0.2) is 0 Å². The zero-order chi connectivity index (χ0) is 14.8. The first-order valence-electron chi connectivity index (χ1n) is 5.74. The standard InChI is InChI=1S/C14H12F3NO2/c15-14(16,17)12-7-11(4-5-13(12)18)20-10-3-1-2-9(6-10)8-19/h1-7,19H,8,18H2. The summed E-state index contributed by atoms with van der Waals surface area (Å²) in [4.78, 5) is 0. The van der Waals surface area contributed by atoms with Crippen LogP contribution in [0.15, 0.2) is 42.5 Å². The van der Waals surface area contributed by atoms with Gasteiger partial charge < -0.3 is 15.6 Å². The van der Waals surface area contributed by atoms with Crippen LogP contribution in [0.4, 0.5) is 18.9 Å². The number of aliphatic hydroxyl groups is 1. The van der Waals surface area contributed by atoms with Crippen LogP contribution in [0.3, 0.4) is 0 Å². The van der Waals surface area contributed by atoms with E-state index in [-0.39, 0.29) is 18.0 Å². The molecule has 3 nitrogen and oxygen atoms in total. The van der Waals surface area contributed by atoms with Crippen LogP contribution in [-0.2, 0) is 12.8 Å². The zero-order valence-corrected chi connectivity index (χ0v) is 10.3. The predicted molar refractivity (Wildman–Crippen MR) is 68.3 cm³/mol. The molecule has 0 aromatic heterocycles. The van der Waals surface area contributed by atoms with Gasteiger partial charge in [-0.15, -0.1) is 0 Å². The van der Waals surface area contributed by atoms with E-state index in [0.29, 0.717) is 11.3 Å². The Morgan fingerprint density at radius 1 is 1.05 bits per heavy atom. The largest absolute Gasteiger partial charge is 0.457 e. The summed E-state index contributed by atoms with van der Waals surface area (Å²) < 4.78 is 43.5. The van der Waals surface area contributed by atoms with Crippen molar-refractivity contribution in [2.24, 2.45) is 0 Å². The molecule has 0 amide bonds. The van der Waals surface area contributed by atoms with Crippen molar-refractivity contribution >= 4 is 5.69 Å². The Kier molecular flexibility index (Phi) is 3.85. The van der Waals surface area contributed by atoms with Gasteiger partial charge in [0.05, 0.1) is 12.2 Å². The molecule has 20 heavy (non-hydrogen) atoms. The maximum atomic E-state index is 12.7. The average molecular weight is 283 g/mol. The van der Waals surface area contributed by atoms with Gasteiger partial charge in [-0.1, -0.05) is 12.1 Å². The predicted octanol–water partition coefficient (Wildman–Crippen LogP) is 3.57. The minimum atomic E-state index is -4.53. The van der Waals surface area contributed by atoms with Crippen molar-refractivity contribution in [1.29, 1.82) is 0 Å². The Hall–Kier alpha value is -2.21. The Morgan fingerprint density at radius 2 is 1.75 bits per heavy atom. The van der Waals surface area contributed by atoms with E-state index in [9.17, 15) is 13.2 Å². The molecule has 0 saturated heterocycles. The maximum Gasteiger partial charge on any atom is 0.418 e. The SMILES string of the molecule is Nc1ccc(Oc2cccc(CO)c2)cc1C(F)(F)F. The summed E-state index contributed by atoms with van der Waals surface area (Å²) in [6.45, 7) is -0.174. The van der Waals surface area contributed by atoms with Crippen LogP contribution < -0.4 is 10.5 Å². The second kappa shape index (κ2) is 5.42. The van der Waals surface area contributed by atoms with Gasteiger partial charge in [0.2, 0.25) is 0 Å². The molecule has 0 spiro atoms. The molecule has 0 bridgehead atoms. The molecule has 6 heteroatoms. The zero-order valence-electron chi connectivity index (χ0n) is 10.3. The van der Waals surface area contributed by atoms with Gasteiger partial charge in [-0.3, -0.25) is 0 Å². The Bertz CT molecular complexity index is 612. The van der Waals surface area contributed by atoms with E-state index in [1.165, 1.54) is 6.07 Å². The second-order valence-electron chi connectivity index (χ2n) is 4.15. The molecule has 0 fully saturated rings. The molecule has 2 rings (SSSR count). The minimum absolute atomic E-state index is 0.0293. The monoisotopic (exact) mass is 283 g/mol. The fraction of sp³-hybridized carbons (Fsp3) is 0.143. The normalized spacial score (nSPS) is 11.4. The number of ether oxygens (including phenoxy) is 1.